The number of rotatable bonds is 5. The van der Waals surface area contributed by atoms with Gasteiger partial charge in [0.05, 0.1) is 24.4 Å². The fourth-order valence-electron chi connectivity index (χ4n) is 1.43. The molecule has 0 spiro atoms. The Morgan fingerprint density at radius 2 is 1.89 bits per heavy atom. The largest absolute Gasteiger partial charge is 0.467 e. The lowest BCUT2D eigenvalue weighted by molar-refractivity contribution is -0.163. The Morgan fingerprint density at radius 3 is 2.32 bits per heavy atom. The number of ether oxygens (including phenoxy) is 1. The van der Waals surface area contributed by atoms with Gasteiger partial charge in [0.1, 0.15) is 0 Å². The van der Waals surface area contributed by atoms with Crippen LogP contribution < -0.4 is 5.73 Å². The zero-order valence-corrected chi connectivity index (χ0v) is 11.1. The molecular formula is C11H15NO6S. The van der Waals surface area contributed by atoms with E-state index in [1.165, 1.54) is 24.3 Å². The van der Waals surface area contributed by atoms with Gasteiger partial charge in [0, 0.05) is 5.69 Å². The van der Waals surface area contributed by atoms with Crippen molar-refractivity contribution in [2.24, 2.45) is 0 Å². The van der Waals surface area contributed by atoms with E-state index in [2.05, 4.69) is 4.74 Å². The summed E-state index contributed by atoms with van der Waals surface area (Å²) in [5.41, 5.74) is 3.32. The molecule has 0 heterocycles. The van der Waals surface area contributed by atoms with E-state index < -0.39 is 33.8 Å². The highest BCUT2D eigenvalue weighted by molar-refractivity contribution is 7.91. The molecule has 0 bridgehead atoms. The van der Waals surface area contributed by atoms with E-state index in [4.69, 9.17) is 10.8 Å². The Labute approximate surface area is 110 Å². The fourth-order valence-corrected chi connectivity index (χ4v) is 2.99. The lowest BCUT2D eigenvalue weighted by Crippen LogP contribution is -2.49. The Kier molecular flexibility index (Phi) is 4.51. The number of hydrogen-bond donors (Lipinski definition) is 3. The van der Waals surface area contributed by atoms with Gasteiger partial charge in [-0.1, -0.05) is 0 Å². The number of aliphatic hydroxyl groups excluding tert-OH is 1. The van der Waals surface area contributed by atoms with Gasteiger partial charge < -0.3 is 20.7 Å². The van der Waals surface area contributed by atoms with Crippen LogP contribution in [0.5, 0.6) is 0 Å². The summed E-state index contributed by atoms with van der Waals surface area (Å²) in [4.78, 5) is 11.2. The molecule has 0 saturated carbocycles. The molecule has 1 rings (SSSR count). The van der Waals surface area contributed by atoms with Crippen molar-refractivity contribution in [3.05, 3.63) is 24.3 Å². The van der Waals surface area contributed by atoms with Crippen molar-refractivity contribution in [1.29, 1.82) is 0 Å². The maximum atomic E-state index is 12.0. The zero-order valence-electron chi connectivity index (χ0n) is 10.2. The number of sulfone groups is 1. The number of carbonyl (C=O) groups excluding carboxylic acids is 1. The van der Waals surface area contributed by atoms with Gasteiger partial charge in [-0.3, -0.25) is 0 Å². The Balaban J connectivity index is 3.08. The summed E-state index contributed by atoms with van der Waals surface area (Å²) in [5, 5.41) is 18.8. The van der Waals surface area contributed by atoms with Crippen molar-refractivity contribution in [2.45, 2.75) is 10.5 Å². The second kappa shape index (κ2) is 5.55. The van der Waals surface area contributed by atoms with E-state index in [-0.39, 0.29) is 4.90 Å². The third-order valence-corrected chi connectivity index (χ3v) is 4.34. The van der Waals surface area contributed by atoms with Gasteiger partial charge >= 0.3 is 5.97 Å². The number of aliphatic hydroxyl groups is 2. The highest BCUT2D eigenvalue weighted by atomic mass is 32.2. The van der Waals surface area contributed by atoms with Crippen LogP contribution in [0.15, 0.2) is 29.2 Å². The average molecular weight is 289 g/mol. The summed E-state index contributed by atoms with van der Waals surface area (Å²) in [6.45, 7) is -1.06. The lowest BCUT2D eigenvalue weighted by Gasteiger charge is -2.22. The molecule has 0 amide bonds. The molecule has 1 aromatic carbocycles. The van der Waals surface area contributed by atoms with Crippen LogP contribution in [0.1, 0.15) is 0 Å². The number of nitrogen functional groups attached to an aromatic ring is 1. The van der Waals surface area contributed by atoms with Crippen molar-refractivity contribution in [1.82, 2.24) is 0 Å². The molecule has 0 aromatic heterocycles. The van der Waals surface area contributed by atoms with E-state index in [1.807, 2.05) is 0 Å². The molecule has 1 unspecified atom stereocenters. The van der Waals surface area contributed by atoms with E-state index in [0.717, 1.165) is 7.11 Å². The topological polar surface area (TPSA) is 127 Å². The minimum Gasteiger partial charge on any atom is -0.467 e. The van der Waals surface area contributed by atoms with Crippen molar-refractivity contribution in [3.8, 4) is 0 Å². The summed E-state index contributed by atoms with van der Waals surface area (Å²) in [5.74, 6) is -2.19. The van der Waals surface area contributed by atoms with Gasteiger partial charge in [-0.2, -0.15) is 0 Å². The molecule has 0 saturated heterocycles. The van der Waals surface area contributed by atoms with Gasteiger partial charge in [0.2, 0.25) is 0 Å². The van der Waals surface area contributed by atoms with Crippen LogP contribution in [0, 0.1) is 0 Å². The summed E-state index contributed by atoms with van der Waals surface area (Å²) < 4.78 is 28.3. The van der Waals surface area contributed by atoms with Crippen LogP contribution >= 0.6 is 0 Å². The Hall–Kier alpha value is -1.64. The molecule has 1 atom stereocenters. The first-order valence-electron chi connectivity index (χ1n) is 5.25. The third-order valence-electron chi connectivity index (χ3n) is 2.49. The van der Waals surface area contributed by atoms with Crippen molar-refractivity contribution in [3.63, 3.8) is 0 Å². The van der Waals surface area contributed by atoms with Crippen LogP contribution in [0.4, 0.5) is 5.69 Å². The van der Waals surface area contributed by atoms with E-state index in [9.17, 15) is 18.3 Å². The Bertz CT molecular complexity index is 553. The standard InChI is InChI=1S/C11H15NO6S/c1-18-10(14)11(15,6-13)7-19(16,17)9-4-2-8(12)3-5-9/h2-5,13,15H,6-7,12H2,1H3. The zero-order chi connectivity index (χ0) is 14.7. The summed E-state index contributed by atoms with van der Waals surface area (Å²) in [6.07, 6.45) is 0. The quantitative estimate of drug-likeness (QED) is 0.465. The highest BCUT2D eigenvalue weighted by Crippen LogP contribution is 2.19. The van der Waals surface area contributed by atoms with Gasteiger partial charge in [0.15, 0.2) is 15.4 Å². The molecule has 0 aliphatic rings. The molecular weight excluding hydrogens is 274 g/mol. The third kappa shape index (κ3) is 3.43. The molecule has 8 heteroatoms. The monoisotopic (exact) mass is 289 g/mol. The van der Waals surface area contributed by atoms with Gasteiger partial charge in [-0.05, 0) is 24.3 Å². The molecule has 0 aliphatic heterocycles. The number of carbonyl (C=O) groups is 1. The molecule has 0 radical (unpaired) electrons. The number of anilines is 1. The molecule has 7 nitrogen and oxygen atoms in total. The van der Waals surface area contributed by atoms with Gasteiger partial charge in [-0.25, -0.2) is 13.2 Å². The minimum absolute atomic E-state index is 0.113. The first-order valence-corrected chi connectivity index (χ1v) is 6.90. The van der Waals surface area contributed by atoms with Crippen LogP contribution in [0.2, 0.25) is 0 Å². The molecule has 106 valence electrons. The number of nitrogens with two attached hydrogens (primary N) is 1. The predicted octanol–water partition coefficient (Wildman–Crippen LogP) is -1.06. The lowest BCUT2D eigenvalue weighted by atomic mass is 10.1. The second-order valence-electron chi connectivity index (χ2n) is 4.01. The molecule has 1 aromatic rings. The van der Waals surface area contributed by atoms with Gasteiger partial charge in [0.25, 0.3) is 0 Å². The Morgan fingerprint density at radius 1 is 1.37 bits per heavy atom. The van der Waals surface area contributed by atoms with Crippen molar-refractivity contribution < 1.29 is 28.2 Å². The van der Waals surface area contributed by atoms with Crippen LogP contribution in [-0.2, 0) is 19.4 Å². The molecule has 0 fully saturated rings. The van der Waals surface area contributed by atoms with Crippen LogP contribution in [-0.4, -0.2) is 49.7 Å². The van der Waals surface area contributed by atoms with Crippen LogP contribution in [0.3, 0.4) is 0 Å². The predicted molar refractivity (Wildman–Crippen MR) is 67.0 cm³/mol. The highest BCUT2D eigenvalue weighted by Gasteiger charge is 2.41. The van der Waals surface area contributed by atoms with Gasteiger partial charge in [-0.15, -0.1) is 0 Å². The minimum atomic E-state index is -3.97. The molecule has 0 aliphatic carbocycles. The summed E-state index contributed by atoms with van der Waals surface area (Å²) in [7, 11) is -2.98. The first kappa shape index (κ1) is 15.4. The van der Waals surface area contributed by atoms with Crippen molar-refractivity contribution in [2.75, 3.05) is 25.2 Å². The first-order chi connectivity index (χ1) is 8.75. The SMILES string of the molecule is COC(=O)C(O)(CO)CS(=O)(=O)c1ccc(N)cc1. The average Bonchev–Trinajstić information content (AvgIpc) is 2.37. The van der Waals surface area contributed by atoms with Crippen molar-refractivity contribution >= 4 is 21.5 Å². The fraction of sp³-hybridized carbons (Fsp3) is 0.364. The van der Waals surface area contributed by atoms with E-state index in [0.29, 0.717) is 5.69 Å². The van der Waals surface area contributed by atoms with E-state index >= 15 is 0 Å². The smallest absolute Gasteiger partial charge is 0.341 e. The molecule has 4 N–H and O–H groups in total. The second-order valence-corrected chi connectivity index (χ2v) is 6.00. The number of methoxy groups -OCH3 is 1. The molecule has 19 heavy (non-hydrogen) atoms. The summed E-state index contributed by atoms with van der Waals surface area (Å²) in [6, 6.07) is 5.26. The van der Waals surface area contributed by atoms with E-state index in [1.54, 1.807) is 0 Å². The maximum absolute atomic E-state index is 12.0. The maximum Gasteiger partial charge on any atom is 0.341 e. The normalized spacial score (nSPS) is 14.7. The van der Waals surface area contributed by atoms with Crippen LogP contribution in [0.25, 0.3) is 0 Å². The number of benzene rings is 1. The summed E-state index contributed by atoms with van der Waals surface area (Å²) >= 11 is 0. The number of esters is 1. The number of hydrogen-bond acceptors (Lipinski definition) is 7.